The van der Waals surface area contributed by atoms with E-state index in [1.165, 1.54) is 24.3 Å². The van der Waals surface area contributed by atoms with Gasteiger partial charge in [-0.05, 0) is 35.9 Å². The number of nitrogens with zero attached hydrogens (tertiary/aromatic N) is 1. The molecular formula is C14H13F3N2. The Morgan fingerprint density at radius 2 is 1.74 bits per heavy atom. The molecule has 0 aliphatic rings. The first kappa shape index (κ1) is 13.3. The van der Waals surface area contributed by atoms with Gasteiger partial charge in [-0.25, -0.2) is 13.2 Å². The summed E-state index contributed by atoms with van der Waals surface area (Å²) >= 11 is 0. The average Bonchev–Trinajstić information content (AvgIpc) is 2.36. The second-order valence-corrected chi connectivity index (χ2v) is 4.31. The summed E-state index contributed by atoms with van der Waals surface area (Å²) in [5.41, 5.74) is 7.26. The fraction of sp³-hybridized carbons (Fsp3) is 0.143. The van der Waals surface area contributed by atoms with Crippen molar-refractivity contribution in [2.45, 2.75) is 6.54 Å². The van der Waals surface area contributed by atoms with Crippen LogP contribution in [0.2, 0.25) is 0 Å². The summed E-state index contributed by atoms with van der Waals surface area (Å²) in [6.07, 6.45) is 0. The Balaban J connectivity index is 2.22. The van der Waals surface area contributed by atoms with Crippen molar-refractivity contribution in [1.82, 2.24) is 0 Å². The fourth-order valence-electron chi connectivity index (χ4n) is 1.84. The number of hydrogen-bond acceptors (Lipinski definition) is 2. The zero-order valence-electron chi connectivity index (χ0n) is 10.3. The molecule has 0 spiro atoms. The molecule has 0 aliphatic heterocycles. The predicted octanol–water partition coefficient (Wildman–Crippen LogP) is 3.32. The summed E-state index contributed by atoms with van der Waals surface area (Å²) < 4.78 is 39.1. The van der Waals surface area contributed by atoms with E-state index >= 15 is 0 Å². The maximum Gasteiger partial charge on any atom is 0.159 e. The first-order chi connectivity index (χ1) is 8.97. The van der Waals surface area contributed by atoms with Crippen molar-refractivity contribution < 1.29 is 13.2 Å². The molecule has 0 amide bonds. The Morgan fingerprint density at radius 3 is 2.42 bits per heavy atom. The normalized spacial score (nSPS) is 10.5. The van der Waals surface area contributed by atoms with E-state index < -0.39 is 17.5 Å². The third kappa shape index (κ3) is 2.99. The predicted molar refractivity (Wildman–Crippen MR) is 69.3 cm³/mol. The zero-order valence-corrected chi connectivity index (χ0v) is 10.3. The first-order valence-electron chi connectivity index (χ1n) is 5.67. The highest BCUT2D eigenvalue weighted by molar-refractivity contribution is 5.67. The van der Waals surface area contributed by atoms with Gasteiger partial charge in [-0.1, -0.05) is 6.07 Å². The van der Waals surface area contributed by atoms with Gasteiger partial charge in [-0.15, -0.1) is 0 Å². The third-order valence-electron chi connectivity index (χ3n) is 2.81. The topological polar surface area (TPSA) is 29.3 Å². The minimum atomic E-state index is -0.905. The minimum absolute atomic E-state index is 0.296. The highest BCUT2D eigenvalue weighted by Gasteiger charge is 2.09. The van der Waals surface area contributed by atoms with Gasteiger partial charge in [0.25, 0.3) is 0 Å². The monoisotopic (exact) mass is 266 g/mol. The molecule has 0 radical (unpaired) electrons. The van der Waals surface area contributed by atoms with Crippen molar-refractivity contribution in [3.8, 4) is 0 Å². The van der Waals surface area contributed by atoms with E-state index in [4.69, 9.17) is 5.73 Å². The quantitative estimate of drug-likeness (QED) is 0.863. The molecule has 2 N–H and O–H groups in total. The van der Waals surface area contributed by atoms with E-state index in [1.54, 1.807) is 11.9 Å². The summed E-state index contributed by atoms with van der Waals surface area (Å²) in [6.45, 7) is 0.296. The van der Waals surface area contributed by atoms with Gasteiger partial charge in [0.15, 0.2) is 11.6 Å². The van der Waals surface area contributed by atoms with Gasteiger partial charge in [0.1, 0.15) is 5.82 Å². The molecule has 0 saturated carbocycles. The Kier molecular flexibility index (Phi) is 3.64. The molecule has 0 fully saturated rings. The second-order valence-electron chi connectivity index (χ2n) is 4.31. The van der Waals surface area contributed by atoms with Crippen LogP contribution in [0.1, 0.15) is 5.56 Å². The molecule has 0 unspecified atom stereocenters. The van der Waals surface area contributed by atoms with Crippen LogP contribution in [0.25, 0.3) is 0 Å². The molecule has 19 heavy (non-hydrogen) atoms. The molecule has 0 aliphatic carbocycles. The van der Waals surface area contributed by atoms with Gasteiger partial charge in [-0.2, -0.15) is 0 Å². The van der Waals surface area contributed by atoms with E-state index in [1.807, 2.05) is 0 Å². The summed E-state index contributed by atoms with van der Waals surface area (Å²) in [5.74, 6) is -2.20. The Hall–Kier alpha value is -2.17. The number of nitrogens with two attached hydrogens (primary N) is 1. The number of hydrogen-bond donors (Lipinski definition) is 1. The van der Waals surface area contributed by atoms with Gasteiger partial charge in [-0.3, -0.25) is 0 Å². The highest BCUT2D eigenvalue weighted by atomic mass is 19.2. The van der Waals surface area contributed by atoms with E-state index in [0.29, 0.717) is 23.5 Å². The Bertz CT molecular complexity index is 599. The fourth-order valence-corrected chi connectivity index (χ4v) is 1.84. The van der Waals surface area contributed by atoms with Gasteiger partial charge in [0.05, 0.1) is 11.4 Å². The van der Waals surface area contributed by atoms with Gasteiger partial charge in [0.2, 0.25) is 0 Å². The summed E-state index contributed by atoms with van der Waals surface area (Å²) in [5, 5.41) is 0. The second kappa shape index (κ2) is 5.22. The zero-order chi connectivity index (χ0) is 14.0. The van der Waals surface area contributed by atoms with Crippen molar-refractivity contribution in [3.63, 3.8) is 0 Å². The summed E-state index contributed by atoms with van der Waals surface area (Å²) in [4.78, 5) is 1.67. The smallest absolute Gasteiger partial charge is 0.159 e. The van der Waals surface area contributed by atoms with E-state index in [0.717, 1.165) is 12.1 Å². The number of benzene rings is 2. The summed E-state index contributed by atoms with van der Waals surface area (Å²) in [6, 6.07) is 7.69. The first-order valence-corrected chi connectivity index (χ1v) is 5.67. The number of rotatable bonds is 3. The van der Waals surface area contributed by atoms with Crippen LogP contribution in [0.3, 0.4) is 0 Å². The third-order valence-corrected chi connectivity index (χ3v) is 2.81. The molecule has 2 aromatic carbocycles. The van der Waals surface area contributed by atoms with Gasteiger partial charge < -0.3 is 10.6 Å². The molecule has 0 heterocycles. The Morgan fingerprint density at radius 1 is 1.00 bits per heavy atom. The maximum atomic E-state index is 13.2. The molecule has 0 aromatic heterocycles. The molecule has 0 saturated heterocycles. The molecular weight excluding hydrogens is 253 g/mol. The lowest BCUT2D eigenvalue weighted by molar-refractivity contribution is 0.507. The largest absolute Gasteiger partial charge is 0.397 e. The van der Waals surface area contributed by atoms with Crippen LogP contribution >= 0.6 is 0 Å². The van der Waals surface area contributed by atoms with Crippen LogP contribution in [0.15, 0.2) is 36.4 Å². The van der Waals surface area contributed by atoms with Crippen LogP contribution in [0.4, 0.5) is 24.5 Å². The summed E-state index contributed by atoms with van der Waals surface area (Å²) in [7, 11) is 1.70. The van der Waals surface area contributed by atoms with Crippen molar-refractivity contribution in [3.05, 3.63) is 59.4 Å². The van der Waals surface area contributed by atoms with Crippen LogP contribution in [0, 0.1) is 17.5 Å². The molecule has 2 rings (SSSR count). The van der Waals surface area contributed by atoms with Gasteiger partial charge >= 0.3 is 0 Å². The molecule has 2 aromatic rings. The molecule has 2 nitrogen and oxygen atoms in total. The maximum absolute atomic E-state index is 13.2. The lowest BCUT2D eigenvalue weighted by atomic mass is 10.2. The van der Waals surface area contributed by atoms with Gasteiger partial charge in [0, 0.05) is 13.6 Å². The molecule has 100 valence electrons. The minimum Gasteiger partial charge on any atom is -0.397 e. The van der Waals surface area contributed by atoms with Crippen LogP contribution in [-0.4, -0.2) is 7.05 Å². The standard InChI is InChI=1S/C14H13F3N2/c1-19(14-7-10(15)3-5-13(14)18)8-9-2-4-11(16)12(17)6-9/h2-7H,8,18H2,1H3. The van der Waals surface area contributed by atoms with Crippen molar-refractivity contribution >= 4 is 11.4 Å². The lowest BCUT2D eigenvalue weighted by Gasteiger charge is -2.21. The number of anilines is 2. The van der Waals surface area contributed by atoms with E-state index in [2.05, 4.69) is 0 Å². The Labute approximate surface area is 109 Å². The lowest BCUT2D eigenvalue weighted by Crippen LogP contribution is -2.18. The van der Waals surface area contributed by atoms with E-state index in [-0.39, 0.29) is 0 Å². The number of halogens is 3. The van der Waals surface area contributed by atoms with Crippen molar-refractivity contribution in [2.75, 3.05) is 17.7 Å². The van der Waals surface area contributed by atoms with Crippen LogP contribution < -0.4 is 10.6 Å². The van der Waals surface area contributed by atoms with E-state index in [9.17, 15) is 13.2 Å². The van der Waals surface area contributed by atoms with Crippen LogP contribution in [-0.2, 0) is 6.54 Å². The van der Waals surface area contributed by atoms with Crippen LogP contribution in [0.5, 0.6) is 0 Å². The van der Waals surface area contributed by atoms with Crippen molar-refractivity contribution in [2.24, 2.45) is 0 Å². The highest BCUT2D eigenvalue weighted by Crippen LogP contribution is 2.24. The SMILES string of the molecule is CN(Cc1ccc(F)c(F)c1)c1cc(F)ccc1N. The average molecular weight is 266 g/mol. The number of nitrogen functional groups attached to an aromatic ring is 1. The molecule has 5 heteroatoms. The molecule has 0 bridgehead atoms. The molecule has 0 atom stereocenters. The van der Waals surface area contributed by atoms with Crippen molar-refractivity contribution in [1.29, 1.82) is 0 Å².